The van der Waals surface area contributed by atoms with Gasteiger partial charge in [-0.1, -0.05) is 158 Å². The van der Waals surface area contributed by atoms with Crippen LogP contribution >= 0.6 is 0 Å². The van der Waals surface area contributed by atoms with Crippen molar-refractivity contribution in [2.45, 2.75) is 6.23 Å². The Labute approximate surface area is 295 Å². The molecular weight excluding hydrogens is 619 g/mol. The maximum atomic E-state index is 6.66. The van der Waals surface area contributed by atoms with Crippen LogP contribution in [0.25, 0.3) is 86.9 Å². The molecule has 0 aromatic heterocycles. The Balaban J connectivity index is 1.08. The lowest BCUT2D eigenvalue weighted by Gasteiger charge is -2.15. The second kappa shape index (κ2) is 10.9. The fourth-order valence-corrected chi connectivity index (χ4v) is 8.47. The standard InChI is InChI=1S/C49H31NO/c1-2-10-32(11-3-1)49-50-46-27-25-31-22-20-30-21-23-33(28-44(30)47(31)48(46)51-49)35-16-8-19-38-36(17-9-18-37(35)38)34-24-26-43-41-14-5-4-12-39(41)40-13-6-7-15-42(40)45(43)29-34/h1-29,49-50H. The van der Waals surface area contributed by atoms with Crippen molar-refractivity contribution in [3.05, 3.63) is 181 Å². The number of hydrogen-bond acceptors (Lipinski definition) is 2. The third kappa shape index (κ3) is 4.30. The quantitative estimate of drug-likeness (QED) is 0.192. The van der Waals surface area contributed by atoms with E-state index in [1.54, 1.807) is 0 Å². The number of nitrogens with one attached hydrogen (secondary N) is 1. The van der Waals surface area contributed by atoms with Gasteiger partial charge in [0.05, 0.1) is 5.69 Å². The van der Waals surface area contributed by atoms with Gasteiger partial charge in [0.15, 0.2) is 12.0 Å². The molecule has 1 aliphatic heterocycles. The molecule has 10 aromatic rings. The van der Waals surface area contributed by atoms with Crippen molar-refractivity contribution in [2.75, 3.05) is 5.32 Å². The molecule has 1 atom stereocenters. The van der Waals surface area contributed by atoms with E-state index in [4.69, 9.17) is 4.74 Å². The van der Waals surface area contributed by atoms with E-state index in [1.165, 1.54) is 81.5 Å². The monoisotopic (exact) mass is 649 g/mol. The van der Waals surface area contributed by atoms with Crippen LogP contribution in [0.4, 0.5) is 5.69 Å². The van der Waals surface area contributed by atoms with Gasteiger partial charge in [-0.2, -0.15) is 0 Å². The first-order valence-corrected chi connectivity index (χ1v) is 17.6. The zero-order valence-electron chi connectivity index (χ0n) is 27.7. The minimum Gasteiger partial charge on any atom is -0.464 e. The first-order chi connectivity index (χ1) is 25.3. The fraction of sp³-hybridized carbons (Fsp3) is 0.0204. The Kier molecular flexibility index (Phi) is 6.05. The highest BCUT2D eigenvalue weighted by atomic mass is 16.5. The third-order valence-corrected chi connectivity index (χ3v) is 10.9. The Hall–Kier alpha value is -6.64. The van der Waals surface area contributed by atoms with E-state index >= 15 is 0 Å². The molecule has 0 aliphatic carbocycles. The van der Waals surface area contributed by atoms with E-state index in [-0.39, 0.29) is 6.23 Å². The van der Waals surface area contributed by atoms with Crippen molar-refractivity contribution in [3.63, 3.8) is 0 Å². The van der Waals surface area contributed by atoms with Gasteiger partial charge >= 0.3 is 0 Å². The van der Waals surface area contributed by atoms with Gasteiger partial charge in [-0.05, 0) is 99.7 Å². The molecule has 51 heavy (non-hydrogen) atoms. The van der Waals surface area contributed by atoms with Crippen LogP contribution in [0.3, 0.4) is 0 Å². The lowest BCUT2D eigenvalue weighted by molar-refractivity contribution is 0.263. The molecular formula is C49H31NO. The number of benzene rings is 10. The molecule has 1 heterocycles. The molecule has 1 unspecified atom stereocenters. The zero-order valence-corrected chi connectivity index (χ0v) is 27.7. The number of rotatable bonds is 3. The van der Waals surface area contributed by atoms with Crippen LogP contribution < -0.4 is 10.1 Å². The van der Waals surface area contributed by atoms with Gasteiger partial charge < -0.3 is 10.1 Å². The zero-order chi connectivity index (χ0) is 33.5. The number of ether oxygens (including phenoxy) is 1. The van der Waals surface area contributed by atoms with Gasteiger partial charge in [-0.3, -0.25) is 0 Å². The first-order valence-electron chi connectivity index (χ1n) is 17.6. The number of hydrogen-bond donors (Lipinski definition) is 1. The van der Waals surface area contributed by atoms with Crippen LogP contribution in [0, 0.1) is 0 Å². The number of anilines is 1. The predicted molar refractivity (Wildman–Crippen MR) is 216 cm³/mol. The van der Waals surface area contributed by atoms with Gasteiger partial charge in [0.25, 0.3) is 0 Å². The van der Waals surface area contributed by atoms with E-state index in [1.807, 2.05) is 6.07 Å². The van der Waals surface area contributed by atoms with Gasteiger partial charge in [-0.15, -0.1) is 0 Å². The first kappa shape index (κ1) is 28.2. The second-order valence-electron chi connectivity index (χ2n) is 13.7. The molecule has 0 spiro atoms. The summed E-state index contributed by atoms with van der Waals surface area (Å²) in [6, 6.07) is 64.0. The largest absolute Gasteiger partial charge is 0.464 e. The van der Waals surface area contributed by atoms with Crippen molar-refractivity contribution in [2.24, 2.45) is 0 Å². The van der Waals surface area contributed by atoms with Crippen LogP contribution in [0.2, 0.25) is 0 Å². The molecule has 0 saturated carbocycles. The van der Waals surface area contributed by atoms with Gasteiger partial charge in [0, 0.05) is 10.9 Å². The van der Waals surface area contributed by atoms with Crippen LogP contribution in [0.1, 0.15) is 11.8 Å². The Morgan fingerprint density at radius 3 is 1.57 bits per heavy atom. The normalized spacial score (nSPS) is 14.0. The predicted octanol–water partition coefficient (Wildman–Crippen LogP) is 13.4. The molecule has 0 saturated heterocycles. The second-order valence-corrected chi connectivity index (χ2v) is 13.7. The summed E-state index contributed by atoms with van der Waals surface area (Å²) >= 11 is 0. The molecule has 238 valence electrons. The summed E-state index contributed by atoms with van der Waals surface area (Å²) < 4.78 is 6.66. The average Bonchev–Trinajstić information content (AvgIpc) is 3.65. The molecule has 0 amide bonds. The van der Waals surface area contributed by atoms with Crippen molar-refractivity contribution in [1.82, 2.24) is 0 Å². The van der Waals surface area contributed by atoms with Crippen molar-refractivity contribution in [3.8, 4) is 28.0 Å². The molecule has 0 bridgehead atoms. The minimum absolute atomic E-state index is 0.214. The van der Waals surface area contributed by atoms with Crippen LogP contribution in [-0.4, -0.2) is 0 Å². The van der Waals surface area contributed by atoms with Gasteiger partial charge in [0.1, 0.15) is 0 Å². The summed E-state index contributed by atoms with van der Waals surface area (Å²) in [5.41, 5.74) is 7.02. The minimum atomic E-state index is -0.214. The average molecular weight is 650 g/mol. The van der Waals surface area contributed by atoms with Crippen LogP contribution in [0.5, 0.6) is 5.75 Å². The maximum Gasteiger partial charge on any atom is 0.196 e. The fourth-order valence-electron chi connectivity index (χ4n) is 8.47. The number of fused-ring (bicyclic) bond motifs is 12. The Morgan fingerprint density at radius 2 is 0.882 bits per heavy atom. The smallest absolute Gasteiger partial charge is 0.196 e. The highest BCUT2D eigenvalue weighted by Crippen LogP contribution is 2.47. The van der Waals surface area contributed by atoms with Crippen molar-refractivity contribution in [1.29, 1.82) is 0 Å². The molecule has 11 rings (SSSR count). The highest BCUT2D eigenvalue weighted by Gasteiger charge is 2.26. The Morgan fingerprint density at radius 1 is 0.373 bits per heavy atom. The summed E-state index contributed by atoms with van der Waals surface area (Å²) in [5.74, 6) is 0.918. The van der Waals surface area contributed by atoms with E-state index in [0.717, 1.165) is 22.4 Å². The molecule has 10 aromatic carbocycles. The van der Waals surface area contributed by atoms with Crippen LogP contribution in [-0.2, 0) is 0 Å². The van der Waals surface area contributed by atoms with Crippen LogP contribution in [0.15, 0.2) is 176 Å². The third-order valence-electron chi connectivity index (χ3n) is 10.9. The lowest BCUT2D eigenvalue weighted by Crippen LogP contribution is -2.09. The molecule has 0 fully saturated rings. The van der Waals surface area contributed by atoms with Gasteiger partial charge in [-0.25, -0.2) is 0 Å². The lowest BCUT2D eigenvalue weighted by atomic mass is 9.89. The topological polar surface area (TPSA) is 21.3 Å². The SMILES string of the molecule is c1ccc(C2Nc3ccc4ccc5ccc(-c6cccc7c(-c8ccc9c%10ccccc%10c%10ccccc%10c9c8)cccc67)cc5c4c3O2)cc1. The molecule has 1 N–H and O–H groups in total. The highest BCUT2D eigenvalue weighted by molar-refractivity contribution is 6.26. The molecule has 2 heteroatoms. The summed E-state index contributed by atoms with van der Waals surface area (Å²) in [7, 11) is 0. The Bertz CT molecular complexity index is 3000. The van der Waals surface area contributed by atoms with Crippen molar-refractivity contribution < 1.29 is 4.74 Å². The van der Waals surface area contributed by atoms with E-state index in [0.29, 0.717) is 0 Å². The maximum absolute atomic E-state index is 6.66. The van der Waals surface area contributed by atoms with E-state index in [2.05, 4.69) is 175 Å². The van der Waals surface area contributed by atoms with E-state index in [9.17, 15) is 0 Å². The molecule has 0 radical (unpaired) electrons. The van der Waals surface area contributed by atoms with Crippen molar-refractivity contribution >= 4 is 70.3 Å². The molecule has 1 aliphatic rings. The summed E-state index contributed by atoms with van der Waals surface area (Å²) in [6.07, 6.45) is -0.214. The molecule has 2 nitrogen and oxygen atoms in total. The summed E-state index contributed by atoms with van der Waals surface area (Å²) in [5, 5.41) is 18.6. The van der Waals surface area contributed by atoms with E-state index < -0.39 is 0 Å². The van der Waals surface area contributed by atoms with Gasteiger partial charge in [0.2, 0.25) is 0 Å². The summed E-state index contributed by atoms with van der Waals surface area (Å²) in [4.78, 5) is 0. The summed E-state index contributed by atoms with van der Waals surface area (Å²) in [6.45, 7) is 0.